The lowest BCUT2D eigenvalue weighted by molar-refractivity contribution is -0.0109. The largest absolute Gasteiger partial charge is 0.398 e. The van der Waals surface area contributed by atoms with E-state index < -0.39 is 5.60 Å². The highest BCUT2D eigenvalue weighted by atomic mass is 16.3. The minimum Gasteiger partial charge on any atom is -0.398 e. The Labute approximate surface area is 120 Å². The lowest BCUT2D eigenvalue weighted by Crippen LogP contribution is -2.45. The molecule has 20 heavy (non-hydrogen) atoms. The molecule has 4 N–H and O–H groups in total. The van der Waals surface area contributed by atoms with Gasteiger partial charge < -0.3 is 16.2 Å². The number of nitrogens with two attached hydrogens (primary N) is 1. The van der Waals surface area contributed by atoms with Crippen LogP contribution in [0, 0.1) is 12.8 Å². The fourth-order valence-corrected chi connectivity index (χ4v) is 2.92. The predicted molar refractivity (Wildman–Crippen MR) is 80.5 cm³/mol. The highest BCUT2D eigenvalue weighted by Crippen LogP contribution is 2.31. The third-order valence-electron chi connectivity index (χ3n) is 4.19. The average Bonchev–Trinajstić information content (AvgIpc) is 2.39. The van der Waals surface area contributed by atoms with Crippen molar-refractivity contribution in [1.29, 1.82) is 0 Å². The summed E-state index contributed by atoms with van der Waals surface area (Å²) in [6.45, 7) is 4.36. The van der Waals surface area contributed by atoms with E-state index in [4.69, 9.17) is 5.73 Å². The molecule has 1 aromatic carbocycles. The summed E-state index contributed by atoms with van der Waals surface area (Å²) in [6, 6.07) is 5.27. The van der Waals surface area contributed by atoms with Crippen molar-refractivity contribution in [1.82, 2.24) is 5.32 Å². The third-order valence-corrected chi connectivity index (χ3v) is 4.19. The van der Waals surface area contributed by atoms with Crippen LogP contribution in [0.4, 0.5) is 5.69 Å². The summed E-state index contributed by atoms with van der Waals surface area (Å²) in [5.41, 5.74) is 7.17. The van der Waals surface area contributed by atoms with Crippen LogP contribution >= 0.6 is 0 Å². The number of hydrogen-bond acceptors (Lipinski definition) is 3. The molecule has 1 aliphatic rings. The van der Waals surface area contributed by atoms with Crippen LogP contribution in [-0.4, -0.2) is 23.2 Å². The van der Waals surface area contributed by atoms with Crippen LogP contribution in [0.25, 0.3) is 0 Å². The molecule has 110 valence electrons. The summed E-state index contributed by atoms with van der Waals surface area (Å²) >= 11 is 0. The molecular formula is C16H24N2O2. The van der Waals surface area contributed by atoms with Crippen molar-refractivity contribution in [2.24, 2.45) is 5.92 Å². The van der Waals surface area contributed by atoms with Crippen LogP contribution in [0.15, 0.2) is 18.2 Å². The number of carbonyl (C=O) groups is 1. The fraction of sp³-hybridized carbons (Fsp3) is 0.562. The molecule has 0 saturated heterocycles. The van der Waals surface area contributed by atoms with Gasteiger partial charge >= 0.3 is 0 Å². The van der Waals surface area contributed by atoms with Crippen LogP contribution in [0.2, 0.25) is 0 Å². The minimum atomic E-state index is -0.760. The van der Waals surface area contributed by atoms with Crippen molar-refractivity contribution in [3.8, 4) is 0 Å². The van der Waals surface area contributed by atoms with Gasteiger partial charge in [-0.25, -0.2) is 0 Å². The second-order valence-corrected chi connectivity index (χ2v) is 6.18. The highest BCUT2D eigenvalue weighted by Gasteiger charge is 2.32. The zero-order chi connectivity index (χ0) is 14.8. The molecule has 1 amide bonds. The fourth-order valence-electron chi connectivity index (χ4n) is 2.92. The summed E-state index contributed by atoms with van der Waals surface area (Å²) in [5, 5.41) is 13.3. The van der Waals surface area contributed by atoms with Crippen molar-refractivity contribution in [3.63, 3.8) is 0 Å². The monoisotopic (exact) mass is 276 g/mol. The molecule has 2 unspecified atom stereocenters. The smallest absolute Gasteiger partial charge is 0.251 e. The number of carbonyl (C=O) groups excluding carboxylic acids is 1. The summed E-state index contributed by atoms with van der Waals surface area (Å²) in [4.78, 5) is 12.1. The average molecular weight is 276 g/mol. The van der Waals surface area contributed by atoms with E-state index in [0.29, 0.717) is 23.7 Å². The SMILES string of the molecule is Cc1ccc(C(=O)NCC2(O)CCCC(C)C2)cc1N. The molecule has 2 rings (SSSR count). The summed E-state index contributed by atoms with van der Waals surface area (Å²) in [6.07, 6.45) is 3.69. The Morgan fingerprint density at radius 2 is 2.30 bits per heavy atom. The van der Waals surface area contributed by atoms with E-state index in [1.54, 1.807) is 12.1 Å². The van der Waals surface area contributed by atoms with Gasteiger partial charge in [0, 0.05) is 17.8 Å². The number of amides is 1. The Bertz CT molecular complexity index is 501. The van der Waals surface area contributed by atoms with Crippen molar-refractivity contribution >= 4 is 11.6 Å². The second-order valence-electron chi connectivity index (χ2n) is 6.18. The molecule has 4 nitrogen and oxygen atoms in total. The van der Waals surface area contributed by atoms with E-state index in [2.05, 4.69) is 12.2 Å². The second kappa shape index (κ2) is 5.83. The topological polar surface area (TPSA) is 75.3 Å². The van der Waals surface area contributed by atoms with E-state index in [1.807, 2.05) is 13.0 Å². The van der Waals surface area contributed by atoms with Crippen LogP contribution in [0.1, 0.15) is 48.5 Å². The molecule has 0 aromatic heterocycles. The van der Waals surface area contributed by atoms with Crippen molar-refractivity contribution in [2.75, 3.05) is 12.3 Å². The number of aryl methyl sites for hydroxylation is 1. The van der Waals surface area contributed by atoms with Crippen molar-refractivity contribution < 1.29 is 9.90 Å². The Morgan fingerprint density at radius 3 is 2.95 bits per heavy atom. The molecule has 1 saturated carbocycles. The molecule has 1 fully saturated rings. The van der Waals surface area contributed by atoms with Gasteiger partial charge in [-0.05, 0) is 43.4 Å². The molecular weight excluding hydrogens is 252 g/mol. The standard InChI is InChI=1S/C16H24N2O2/c1-11-4-3-7-16(20,9-11)10-18-15(19)13-6-5-12(2)14(17)8-13/h5-6,8,11,20H,3-4,7,9-10,17H2,1-2H3,(H,18,19). The van der Waals surface area contributed by atoms with Crippen LogP contribution in [0.5, 0.6) is 0 Å². The highest BCUT2D eigenvalue weighted by molar-refractivity contribution is 5.95. The normalized spacial score (nSPS) is 26.2. The first-order valence-corrected chi connectivity index (χ1v) is 7.26. The Morgan fingerprint density at radius 1 is 1.55 bits per heavy atom. The van der Waals surface area contributed by atoms with Crippen molar-refractivity contribution in [2.45, 2.75) is 45.1 Å². The molecule has 1 aliphatic carbocycles. The minimum absolute atomic E-state index is 0.177. The Balaban J connectivity index is 1.96. The van der Waals surface area contributed by atoms with Crippen molar-refractivity contribution in [3.05, 3.63) is 29.3 Å². The summed E-state index contributed by atoms with van der Waals surface area (Å²) in [5.74, 6) is 0.337. The third kappa shape index (κ3) is 3.51. The van der Waals surface area contributed by atoms with Gasteiger partial charge in [-0.15, -0.1) is 0 Å². The van der Waals surface area contributed by atoms with E-state index in [0.717, 1.165) is 31.2 Å². The molecule has 0 heterocycles. The Hall–Kier alpha value is -1.55. The number of hydrogen-bond donors (Lipinski definition) is 3. The van der Waals surface area contributed by atoms with E-state index >= 15 is 0 Å². The number of aliphatic hydroxyl groups is 1. The number of nitrogens with one attached hydrogen (secondary N) is 1. The van der Waals surface area contributed by atoms with Gasteiger partial charge in [-0.2, -0.15) is 0 Å². The van der Waals surface area contributed by atoms with E-state index in [9.17, 15) is 9.90 Å². The van der Waals surface area contributed by atoms with Gasteiger partial charge in [0.1, 0.15) is 0 Å². The van der Waals surface area contributed by atoms with E-state index in [1.165, 1.54) is 0 Å². The van der Waals surface area contributed by atoms with Gasteiger partial charge in [0.05, 0.1) is 5.60 Å². The first kappa shape index (κ1) is 14.9. The lowest BCUT2D eigenvalue weighted by Gasteiger charge is -2.35. The summed E-state index contributed by atoms with van der Waals surface area (Å²) in [7, 11) is 0. The maximum atomic E-state index is 12.1. The number of rotatable bonds is 3. The zero-order valence-corrected chi connectivity index (χ0v) is 12.3. The van der Waals surface area contributed by atoms with Crippen LogP contribution in [-0.2, 0) is 0 Å². The predicted octanol–water partition coefficient (Wildman–Crippen LogP) is 2.25. The van der Waals surface area contributed by atoms with Gasteiger partial charge in [0.25, 0.3) is 5.91 Å². The molecule has 1 aromatic rings. The molecule has 0 radical (unpaired) electrons. The van der Waals surface area contributed by atoms with Crippen LogP contribution in [0.3, 0.4) is 0 Å². The van der Waals surface area contributed by atoms with Gasteiger partial charge in [0.15, 0.2) is 0 Å². The maximum absolute atomic E-state index is 12.1. The zero-order valence-electron chi connectivity index (χ0n) is 12.3. The Kier molecular flexibility index (Phi) is 4.33. The molecule has 0 spiro atoms. The van der Waals surface area contributed by atoms with Crippen LogP contribution < -0.4 is 11.1 Å². The maximum Gasteiger partial charge on any atom is 0.251 e. The molecule has 4 heteroatoms. The van der Waals surface area contributed by atoms with Gasteiger partial charge in [-0.3, -0.25) is 4.79 Å². The van der Waals surface area contributed by atoms with Gasteiger partial charge in [0.2, 0.25) is 0 Å². The quantitative estimate of drug-likeness (QED) is 0.741. The lowest BCUT2D eigenvalue weighted by atomic mass is 9.79. The first-order chi connectivity index (χ1) is 9.39. The number of anilines is 1. The molecule has 0 aliphatic heterocycles. The molecule has 0 bridgehead atoms. The molecule has 2 atom stereocenters. The number of benzene rings is 1. The summed E-state index contributed by atoms with van der Waals surface area (Å²) < 4.78 is 0. The first-order valence-electron chi connectivity index (χ1n) is 7.26. The van der Waals surface area contributed by atoms with Gasteiger partial charge in [-0.1, -0.05) is 25.8 Å². The van der Waals surface area contributed by atoms with E-state index in [-0.39, 0.29) is 5.91 Å². The number of nitrogen functional groups attached to an aromatic ring is 1.